The summed E-state index contributed by atoms with van der Waals surface area (Å²) in [4.78, 5) is 2.31. The Hall–Kier alpha value is -0.370. The molecule has 3 unspecified atom stereocenters. The van der Waals surface area contributed by atoms with Gasteiger partial charge in [-0.3, -0.25) is 10.2 Å². The van der Waals surface area contributed by atoms with Crippen molar-refractivity contribution in [3.63, 3.8) is 0 Å². The lowest BCUT2D eigenvalue weighted by Crippen LogP contribution is -2.76. The Morgan fingerprint density at radius 3 is 2.43 bits per heavy atom. The normalized spacial score (nSPS) is 41.3. The maximum absolute atomic E-state index is 13.0. The highest BCUT2D eigenvalue weighted by molar-refractivity contribution is 5.04. The molecule has 0 aromatic carbocycles. The summed E-state index contributed by atoms with van der Waals surface area (Å²) in [6.07, 6.45) is 0.00657. The van der Waals surface area contributed by atoms with Gasteiger partial charge in [0.05, 0.1) is 12.5 Å². The number of hydrogen-bond acceptors (Lipinski definition) is 3. The van der Waals surface area contributed by atoms with E-state index in [-0.39, 0.29) is 17.3 Å². The molecule has 4 nitrogen and oxygen atoms in total. The first-order valence-electron chi connectivity index (χ1n) is 8.79. The third-order valence-electron chi connectivity index (χ3n) is 6.46. The van der Waals surface area contributed by atoms with Gasteiger partial charge in [0.25, 0.3) is 0 Å². The zero-order valence-corrected chi connectivity index (χ0v) is 13.4. The molecule has 3 heterocycles. The Morgan fingerprint density at radius 2 is 1.87 bits per heavy atom. The standard InChI is InChI=1S/C16H25F3N3O/c17-16(18,19)12-1-2-14(11-12)4-8-22(9-5-14)13-15(3-6-20-15)21-7-10-23-13/h12-13,20H,1-11H2. The summed E-state index contributed by atoms with van der Waals surface area (Å²) in [5, 5.41) is 8.14. The molecule has 3 saturated heterocycles. The fourth-order valence-corrected chi connectivity index (χ4v) is 4.93. The molecule has 1 aliphatic carbocycles. The fraction of sp³-hybridized carbons (Fsp3) is 1.00. The average molecular weight is 332 g/mol. The molecule has 0 aromatic heterocycles. The summed E-state index contributed by atoms with van der Waals surface area (Å²) in [5.74, 6) is -1.09. The Morgan fingerprint density at radius 1 is 1.13 bits per heavy atom. The van der Waals surface area contributed by atoms with E-state index in [0.29, 0.717) is 19.4 Å². The van der Waals surface area contributed by atoms with Crippen LogP contribution in [-0.2, 0) is 4.74 Å². The summed E-state index contributed by atoms with van der Waals surface area (Å²) < 4.78 is 44.9. The van der Waals surface area contributed by atoms with Crippen molar-refractivity contribution >= 4 is 0 Å². The quantitative estimate of drug-likeness (QED) is 0.799. The number of hydrogen-bond donors (Lipinski definition) is 1. The van der Waals surface area contributed by atoms with Gasteiger partial charge in [0.1, 0.15) is 11.9 Å². The van der Waals surface area contributed by atoms with E-state index in [2.05, 4.69) is 10.2 Å². The Bertz CT molecular complexity index is 444. The maximum atomic E-state index is 13.0. The third-order valence-corrected chi connectivity index (χ3v) is 6.46. The van der Waals surface area contributed by atoms with Gasteiger partial charge in [0, 0.05) is 26.2 Å². The number of rotatable bonds is 1. The predicted octanol–water partition coefficient (Wildman–Crippen LogP) is 2.08. The highest BCUT2D eigenvalue weighted by atomic mass is 19.4. The monoisotopic (exact) mass is 332 g/mol. The highest BCUT2D eigenvalue weighted by Crippen LogP contribution is 2.53. The molecule has 0 aromatic rings. The molecule has 0 amide bonds. The highest BCUT2D eigenvalue weighted by Gasteiger charge is 2.54. The zero-order valence-electron chi connectivity index (χ0n) is 13.4. The molecule has 1 saturated carbocycles. The van der Waals surface area contributed by atoms with Gasteiger partial charge in [-0.1, -0.05) is 0 Å². The van der Waals surface area contributed by atoms with Crippen molar-refractivity contribution in [2.45, 2.75) is 56.6 Å². The first-order valence-corrected chi connectivity index (χ1v) is 8.79. The van der Waals surface area contributed by atoms with Crippen LogP contribution in [0, 0.1) is 11.3 Å². The second-order valence-electron chi connectivity index (χ2n) is 7.72. The molecule has 4 rings (SSSR count). The zero-order chi connectivity index (χ0) is 16.1. The van der Waals surface area contributed by atoms with E-state index >= 15 is 0 Å². The van der Waals surface area contributed by atoms with Crippen molar-refractivity contribution < 1.29 is 17.9 Å². The molecule has 3 atom stereocenters. The van der Waals surface area contributed by atoms with E-state index in [1.54, 1.807) is 0 Å². The van der Waals surface area contributed by atoms with E-state index in [1.165, 1.54) is 0 Å². The Kier molecular flexibility index (Phi) is 3.91. The Labute approximate surface area is 135 Å². The largest absolute Gasteiger partial charge is 0.391 e. The number of morpholine rings is 1. The lowest BCUT2D eigenvalue weighted by Gasteiger charge is -2.55. The van der Waals surface area contributed by atoms with E-state index < -0.39 is 12.1 Å². The third kappa shape index (κ3) is 2.79. The van der Waals surface area contributed by atoms with Gasteiger partial charge in [0.2, 0.25) is 0 Å². The van der Waals surface area contributed by atoms with Crippen LogP contribution in [0.15, 0.2) is 0 Å². The molecule has 1 N–H and O–H groups in total. The second kappa shape index (κ2) is 5.58. The van der Waals surface area contributed by atoms with Gasteiger partial charge in [0.15, 0.2) is 0 Å². The van der Waals surface area contributed by atoms with E-state index in [9.17, 15) is 13.2 Å². The molecule has 1 radical (unpaired) electrons. The average Bonchev–Trinajstić information content (AvgIpc) is 2.91. The van der Waals surface area contributed by atoms with Crippen LogP contribution in [0.2, 0.25) is 0 Å². The second-order valence-corrected chi connectivity index (χ2v) is 7.72. The molecule has 3 aliphatic heterocycles. The minimum atomic E-state index is -4.02. The van der Waals surface area contributed by atoms with E-state index in [1.807, 2.05) is 0 Å². The molecule has 0 bridgehead atoms. The van der Waals surface area contributed by atoms with Crippen LogP contribution in [-0.4, -0.2) is 55.8 Å². The number of alkyl halides is 3. The van der Waals surface area contributed by atoms with Gasteiger partial charge in [-0.05, 0) is 43.9 Å². The summed E-state index contributed by atoms with van der Waals surface area (Å²) in [5.41, 5.74) is -0.352. The number of piperidine rings is 1. The fourth-order valence-electron chi connectivity index (χ4n) is 4.93. The molecule has 23 heavy (non-hydrogen) atoms. The number of likely N-dealkylation sites (tertiary alicyclic amines) is 1. The molecular weight excluding hydrogens is 307 g/mol. The summed E-state index contributed by atoms with van der Waals surface area (Å²) >= 11 is 0. The number of halogens is 3. The van der Waals surface area contributed by atoms with Crippen molar-refractivity contribution in [3.05, 3.63) is 0 Å². The van der Waals surface area contributed by atoms with Crippen LogP contribution in [0.4, 0.5) is 13.2 Å². The lowest BCUT2D eigenvalue weighted by molar-refractivity contribution is -0.185. The lowest BCUT2D eigenvalue weighted by atomic mass is 9.76. The van der Waals surface area contributed by atoms with Crippen molar-refractivity contribution in [1.29, 1.82) is 0 Å². The van der Waals surface area contributed by atoms with Crippen molar-refractivity contribution in [3.8, 4) is 0 Å². The smallest absolute Gasteiger partial charge is 0.358 e. The van der Waals surface area contributed by atoms with Gasteiger partial charge in [-0.25, -0.2) is 5.32 Å². The molecule has 4 aliphatic rings. The first kappa shape index (κ1) is 16.1. The van der Waals surface area contributed by atoms with Crippen molar-refractivity contribution in [2.75, 3.05) is 32.8 Å². The van der Waals surface area contributed by atoms with Crippen LogP contribution in [0.5, 0.6) is 0 Å². The van der Waals surface area contributed by atoms with Crippen LogP contribution >= 0.6 is 0 Å². The van der Waals surface area contributed by atoms with E-state index in [4.69, 9.17) is 10.1 Å². The van der Waals surface area contributed by atoms with Crippen LogP contribution in [0.1, 0.15) is 38.5 Å². The van der Waals surface area contributed by atoms with Crippen LogP contribution < -0.4 is 10.6 Å². The van der Waals surface area contributed by atoms with Crippen molar-refractivity contribution in [2.24, 2.45) is 11.3 Å². The SMILES string of the molecule is FC(F)(F)C1CCC2(CCN(C3OCC[N]C34CCN4)CC2)C1. The number of nitrogens with zero attached hydrogens (tertiary/aromatic N) is 2. The van der Waals surface area contributed by atoms with Gasteiger partial charge >= 0.3 is 6.18 Å². The molecular formula is C16H25F3N3O. The number of nitrogens with one attached hydrogen (secondary N) is 1. The molecule has 4 fully saturated rings. The van der Waals surface area contributed by atoms with Gasteiger partial charge in [-0.2, -0.15) is 13.2 Å². The molecule has 131 valence electrons. The first-order chi connectivity index (χ1) is 10.9. The van der Waals surface area contributed by atoms with E-state index in [0.717, 1.165) is 51.9 Å². The minimum Gasteiger partial charge on any atom is -0.358 e. The number of ether oxygens (including phenoxy) is 1. The topological polar surface area (TPSA) is 38.6 Å². The minimum absolute atomic E-state index is 0.0397. The molecule has 2 spiro atoms. The summed E-state index contributed by atoms with van der Waals surface area (Å²) in [7, 11) is 0. The van der Waals surface area contributed by atoms with Gasteiger partial charge in [-0.15, -0.1) is 0 Å². The maximum Gasteiger partial charge on any atom is 0.391 e. The molecule has 7 heteroatoms. The van der Waals surface area contributed by atoms with Crippen molar-refractivity contribution in [1.82, 2.24) is 15.5 Å². The summed E-state index contributed by atoms with van der Waals surface area (Å²) in [6, 6.07) is 0. The summed E-state index contributed by atoms with van der Waals surface area (Å²) in [6.45, 7) is 4.00. The predicted molar refractivity (Wildman–Crippen MR) is 78.7 cm³/mol. The Balaban J connectivity index is 1.38. The van der Waals surface area contributed by atoms with Crippen LogP contribution in [0.25, 0.3) is 0 Å². The van der Waals surface area contributed by atoms with Gasteiger partial charge < -0.3 is 4.74 Å². The van der Waals surface area contributed by atoms with Crippen LogP contribution in [0.3, 0.4) is 0 Å².